The first kappa shape index (κ1) is 15.0. The Morgan fingerprint density at radius 3 is 2.56 bits per heavy atom. The van der Waals surface area contributed by atoms with Gasteiger partial charge in [-0.3, -0.25) is 4.90 Å². The highest BCUT2D eigenvalue weighted by molar-refractivity contribution is 14.1. The first-order valence-electron chi connectivity index (χ1n) is 5.41. The largest absolute Gasteiger partial charge is 0.495 e. The van der Waals surface area contributed by atoms with E-state index in [-0.39, 0.29) is 0 Å². The lowest BCUT2D eigenvalue weighted by Gasteiger charge is -2.24. The lowest BCUT2D eigenvalue weighted by molar-refractivity contribution is 0.0588. The minimum atomic E-state index is -0.529. The van der Waals surface area contributed by atoms with Gasteiger partial charge in [0.05, 0.1) is 10.7 Å². The molecular formula is C12H17IN2O3. The van der Waals surface area contributed by atoms with Crippen molar-refractivity contribution < 1.29 is 14.3 Å². The van der Waals surface area contributed by atoms with E-state index in [1.807, 2.05) is 20.8 Å². The molecule has 0 radical (unpaired) electrons. The van der Waals surface area contributed by atoms with Gasteiger partial charge in [-0.15, -0.1) is 0 Å². The van der Waals surface area contributed by atoms with E-state index in [4.69, 9.17) is 9.47 Å². The average molecular weight is 364 g/mol. The molecular weight excluding hydrogens is 347 g/mol. The summed E-state index contributed by atoms with van der Waals surface area (Å²) in [6.45, 7) is 5.46. The van der Waals surface area contributed by atoms with Crippen LogP contribution in [0.15, 0.2) is 12.3 Å². The summed E-state index contributed by atoms with van der Waals surface area (Å²) in [5.74, 6) is 1.16. The van der Waals surface area contributed by atoms with Gasteiger partial charge >= 0.3 is 6.09 Å². The summed E-state index contributed by atoms with van der Waals surface area (Å²) in [7, 11) is 3.19. The summed E-state index contributed by atoms with van der Waals surface area (Å²) in [5.41, 5.74) is -0.529. The van der Waals surface area contributed by atoms with E-state index in [9.17, 15) is 4.79 Å². The van der Waals surface area contributed by atoms with Crippen LogP contribution in [-0.2, 0) is 4.74 Å². The number of halogens is 1. The zero-order chi connectivity index (χ0) is 13.9. The number of carbonyl (C=O) groups excluding carboxylic acids is 1. The normalized spacial score (nSPS) is 11.0. The molecule has 1 rings (SSSR count). The van der Waals surface area contributed by atoms with Crippen LogP contribution in [0, 0.1) is 3.57 Å². The molecule has 0 atom stereocenters. The molecule has 0 aliphatic rings. The van der Waals surface area contributed by atoms with Gasteiger partial charge in [-0.25, -0.2) is 9.78 Å². The molecule has 18 heavy (non-hydrogen) atoms. The van der Waals surface area contributed by atoms with Gasteiger partial charge in [0.15, 0.2) is 0 Å². The highest BCUT2D eigenvalue weighted by atomic mass is 127. The number of nitrogens with zero attached hydrogens (tertiary/aromatic N) is 2. The number of ether oxygens (including phenoxy) is 2. The van der Waals surface area contributed by atoms with E-state index >= 15 is 0 Å². The number of anilines is 1. The van der Waals surface area contributed by atoms with Gasteiger partial charge in [-0.1, -0.05) is 0 Å². The van der Waals surface area contributed by atoms with Crippen molar-refractivity contribution in [1.29, 1.82) is 0 Å². The van der Waals surface area contributed by atoms with Crippen LogP contribution in [0.4, 0.5) is 10.6 Å². The summed E-state index contributed by atoms with van der Waals surface area (Å²) < 4.78 is 11.3. The van der Waals surface area contributed by atoms with Crippen molar-refractivity contribution in [3.63, 3.8) is 0 Å². The van der Waals surface area contributed by atoms with Gasteiger partial charge in [0.2, 0.25) is 0 Å². The molecule has 0 unspecified atom stereocenters. The van der Waals surface area contributed by atoms with Crippen LogP contribution in [0.3, 0.4) is 0 Å². The maximum atomic E-state index is 11.9. The Labute approximate surface area is 121 Å². The Morgan fingerprint density at radius 1 is 1.44 bits per heavy atom. The van der Waals surface area contributed by atoms with Crippen molar-refractivity contribution in [3.8, 4) is 5.75 Å². The van der Waals surface area contributed by atoms with Crippen LogP contribution in [0.2, 0.25) is 0 Å². The standard InChI is InChI=1S/C12H17IN2O3/c1-12(2,3)18-11(16)15(4)10-6-9(17-5)8(13)7-14-10/h6-7H,1-5H3. The molecule has 1 aromatic heterocycles. The van der Waals surface area contributed by atoms with E-state index in [0.29, 0.717) is 11.6 Å². The molecule has 6 heteroatoms. The first-order chi connectivity index (χ1) is 8.24. The van der Waals surface area contributed by atoms with Crippen molar-refractivity contribution in [2.24, 2.45) is 0 Å². The quantitative estimate of drug-likeness (QED) is 0.757. The molecule has 5 nitrogen and oxygen atoms in total. The molecule has 1 heterocycles. The molecule has 0 bridgehead atoms. The molecule has 0 fully saturated rings. The number of hydrogen-bond acceptors (Lipinski definition) is 4. The molecule has 1 aromatic rings. The molecule has 0 aliphatic heterocycles. The highest BCUT2D eigenvalue weighted by Crippen LogP contribution is 2.24. The molecule has 100 valence electrons. The lowest BCUT2D eigenvalue weighted by atomic mass is 10.2. The van der Waals surface area contributed by atoms with Crippen molar-refractivity contribution in [1.82, 2.24) is 4.98 Å². The van der Waals surface area contributed by atoms with E-state index < -0.39 is 11.7 Å². The third-order valence-corrected chi connectivity index (χ3v) is 2.85. The number of hydrogen-bond donors (Lipinski definition) is 0. The van der Waals surface area contributed by atoms with E-state index in [1.54, 1.807) is 26.4 Å². The minimum Gasteiger partial charge on any atom is -0.495 e. The summed E-state index contributed by atoms with van der Waals surface area (Å²) in [4.78, 5) is 17.4. The molecule has 0 N–H and O–H groups in total. The Kier molecular flexibility index (Phi) is 4.78. The maximum Gasteiger partial charge on any atom is 0.415 e. The summed E-state index contributed by atoms with van der Waals surface area (Å²) >= 11 is 2.12. The third kappa shape index (κ3) is 4.01. The van der Waals surface area contributed by atoms with E-state index in [2.05, 4.69) is 27.6 Å². The van der Waals surface area contributed by atoms with Crippen molar-refractivity contribution >= 4 is 34.5 Å². The summed E-state index contributed by atoms with van der Waals surface area (Å²) in [5, 5.41) is 0. The number of methoxy groups -OCH3 is 1. The van der Waals surface area contributed by atoms with Gasteiger partial charge in [-0.2, -0.15) is 0 Å². The van der Waals surface area contributed by atoms with Crippen LogP contribution in [0.25, 0.3) is 0 Å². The van der Waals surface area contributed by atoms with Crippen LogP contribution in [0.1, 0.15) is 20.8 Å². The fourth-order valence-corrected chi connectivity index (χ4v) is 1.69. The SMILES string of the molecule is COc1cc(N(C)C(=O)OC(C)(C)C)ncc1I. The second kappa shape index (κ2) is 5.73. The first-order valence-corrected chi connectivity index (χ1v) is 6.48. The Bertz CT molecular complexity index is 443. The van der Waals surface area contributed by atoms with E-state index in [1.165, 1.54) is 4.90 Å². The lowest BCUT2D eigenvalue weighted by Crippen LogP contribution is -2.34. The number of pyridine rings is 1. The van der Waals surface area contributed by atoms with Gasteiger partial charge in [-0.05, 0) is 43.4 Å². The molecule has 0 spiro atoms. The number of carbonyl (C=O) groups is 1. The van der Waals surface area contributed by atoms with Crippen LogP contribution < -0.4 is 9.64 Å². The second-order valence-corrected chi connectivity index (χ2v) is 5.88. The number of rotatable bonds is 2. The zero-order valence-corrected chi connectivity index (χ0v) is 13.3. The number of amides is 1. The predicted octanol–water partition coefficient (Wildman–Crippen LogP) is 3.07. The monoisotopic (exact) mass is 364 g/mol. The van der Waals surface area contributed by atoms with E-state index in [0.717, 1.165) is 3.57 Å². The fraction of sp³-hybridized carbons (Fsp3) is 0.500. The van der Waals surface area contributed by atoms with Crippen molar-refractivity contribution in [2.75, 3.05) is 19.1 Å². The molecule has 0 aliphatic carbocycles. The van der Waals surface area contributed by atoms with Crippen molar-refractivity contribution in [3.05, 3.63) is 15.8 Å². The molecule has 0 aromatic carbocycles. The Balaban J connectivity index is 2.90. The van der Waals surface area contributed by atoms with Crippen LogP contribution >= 0.6 is 22.6 Å². The Morgan fingerprint density at radius 2 is 2.06 bits per heavy atom. The second-order valence-electron chi connectivity index (χ2n) is 4.72. The van der Waals surface area contributed by atoms with Gasteiger partial charge in [0.25, 0.3) is 0 Å². The minimum absolute atomic E-state index is 0.446. The third-order valence-electron chi connectivity index (χ3n) is 2.04. The van der Waals surface area contributed by atoms with Gasteiger partial charge in [0, 0.05) is 19.3 Å². The molecule has 0 saturated heterocycles. The summed E-state index contributed by atoms with van der Waals surface area (Å²) in [6, 6.07) is 1.70. The smallest absolute Gasteiger partial charge is 0.415 e. The van der Waals surface area contributed by atoms with Gasteiger partial charge < -0.3 is 9.47 Å². The van der Waals surface area contributed by atoms with Crippen LogP contribution in [-0.4, -0.2) is 30.8 Å². The average Bonchev–Trinajstić information content (AvgIpc) is 2.26. The predicted molar refractivity (Wildman–Crippen MR) is 78.1 cm³/mol. The highest BCUT2D eigenvalue weighted by Gasteiger charge is 2.21. The topological polar surface area (TPSA) is 51.7 Å². The van der Waals surface area contributed by atoms with Gasteiger partial charge in [0.1, 0.15) is 17.2 Å². The Hall–Kier alpha value is -1.05. The zero-order valence-electron chi connectivity index (χ0n) is 11.2. The summed E-state index contributed by atoms with van der Waals surface area (Å²) in [6.07, 6.45) is 1.20. The van der Waals surface area contributed by atoms with Crippen molar-refractivity contribution in [2.45, 2.75) is 26.4 Å². The maximum absolute atomic E-state index is 11.9. The molecule has 1 amide bonds. The number of aromatic nitrogens is 1. The van der Waals surface area contributed by atoms with Crippen LogP contribution in [0.5, 0.6) is 5.75 Å². The molecule has 0 saturated carbocycles. The fourth-order valence-electron chi connectivity index (χ4n) is 1.17.